The molecule has 0 aliphatic carbocycles. The van der Waals surface area contributed by atoms with Crippen molar-refractivity contribution in [2.75, 3.05) is 20.2 Å². The minimum Gasteiger partial charge on any atom is -0.452 e. The van der Waals surface area contributed by atoms with Gasteiger partial charge in [0.25, 0.3) is 11.5 Å². The average molecular weight is 443 g/mol. The molecule has 0 unspecified atom stereocenters. The molecule has 0 saturated heterocycles. The van der Waals surface area contributed by atoms with Crippen LogP contribution < -0.4 is 10.9 Å². The number of amides is 2. The summed E-state index contributed by atoms with van der Waals surface area (Å²) < 4.78 is 6.85. The molecule has 9 nitrogen and oxygen atoms in total. The molecule has 1 aliphatic heterocycles. The fourth-order valence-electron chi connectivity index (χ4n) is 3.63. The molecule has 1 aliphatic rings. The Morgan fingerprint density at radius 2 is 1.94 bits per heavy atom. The molecule has 0 bridgehead atoms. The maximum atomic E-state index is 12.8. The molecular formula is C23H30N4O5. The van der Waals surface area contributed by atoms with Crippen LogP contribution in [0.2, 0.25) is 0 Å². The lowest BCUT2D eigenvalue weighted by molar-refractivity contribution is -0.137. The van der Waals surface area contributed by atoms with E-state index in [0.29, 0.717) is 17.4 Å². The Hall–Kier alpha value is -3.23. The van der Waals surface area contributed by atoms with Crippen LogP contribution in [0.15, 0.2) is 23.0 Å². The molecular weight excluding hydrogens is 412 g/mol. The lowest BCUT2D eigenvalue weighted by Crippen LogP contribution is -2.46. The summed E-state index contributed by atoms with van der Waals surface area (Å²) in [6, 6.07) is 4.60. The Labute approximate surface area is 186 Å². The van der Waals surface area contributed by atoms with E-state index in [9.17, 15) is 19.2 Å². The molecule has 9 heteroatoms. The predicted octanol–water partition coefficient (Wildman–Crippen LogP) is 1.65. The number of esters is 1. The predicted molar refractivity (Wildman–Crippen MR) is 119 cm³/mol. The zero-order valence-corrected chi connectivity index (χ0v) is 19.1. The summed E-state index contributed by atoms with van der Waals surface area (Å²) in [6.07, 6.45) is 3.70. The van der Waals surface area contributed by atoms with Gasteiger partial charge < -0.3 is 15.0 Å². The van der Waals surface area contributed by atoms with Gasteiger partial charge >= 0.3 is 5.97 Å². The van der Waals surface area contributed by atoms with Gasteiger partial charge in [-0.2, -0.15) is 0 Å². The SMILES string of the molecule is CN(CC(=O)NC(C)(C)C)C(=O)COC(=O)c1ccc2c(=O)n3c(nc2c1)CCCCC3. The Morgan fingerprint density at radius 3 is 2.66 bits per heavy atom. The van der Waals surface area contributed by atoms with Crippen LogP contribution >= 0.6 is 0 Å². The van der Waals surface area contributed by atoms with E-state index in [4.69, 9.17) is 4.74 Å². The second-order valence-corrected chi connectivity index (χ2v) is 9.15. The van der Waals surface area contributed by atoms with E-state index in [0.717, 1.165) is 31.5 Å². The Morgan fingerprint density at radius 1 is 1.19 bits per heavy atom. The third-order valence-electron chi connectivity index (χ3n) is 5.20. The number of hydrogen-bond acceptors (Lipinski definition) is 6. The number of aryl methyl sites for hydroxylation is 1. The fraction of sp³-hybridized carbons (Fsp3) is 0.522. The van der Waals surface area contributed by atoms with E-state index in [-0.39, 0.29) is 23.6 Å². The van der Waals surface area contributed by atoms with Gasteiger partial charge in [0.1, 0.15) is 5.82 Å². The number of benzene rings is 1. The van der Waals surface area contributed by atoms with E-state index in [1.165, 1.54) is 24.1 Å². The summed E-state index contributed by atoms with van der Waals surface area (Å²) in [5, 5.41) is 3.22. The summed E-state index contributed by atoms with van der Waals surface area (Å²) >= 11 is 0. The van der Waals surface area contributed by atoms with Gasteiger partial charge in [0.2, 0.25) is 5.91 Å². The van der Waals surface area contributed by atoms with Crippen molar-refractivity contribution < 1.29 is 19.1 Å². The smallest absolute Gasteiger partial charge is 0.338 e. The molecule has 1 N–H and O–H groups in total. The number of carbonyl (C=O) groups excluding carboxylic acids is 3. The van der Waals surface area contributed by atoms with Gasteiger partial charge in [-0.1, -0.05) is 6.42 Å². The molecule has 1 aromatic carbocycles. The van der Waals surface area contributed by atoms with Crippen LogP contribution in [0.4, 0.5) is 0 Å². The standard InChI is InChI=1S/C23H30N4O5/c1-23(2,3)25-19(28)13-26(4)20(29)14-32-22(31)15-9-10-16-17(12-15)24-18-8-6-5-7-11-27(18)21(16)30/h9-10,12H,5-8,11,13-14H2,1-4H3,(H,25,28). The minimum absolute atomic E-state index is 0.0999. The quantitative estimate of drug-likeness (QED) is 0.705. The van der Waals surface area contributed by atoms with Crippen molar-refractivity contribution in [2.24, 2.45) is 0 Å². The van der Waals surface area contributed by atoms with Crippen LogP contribution in [0.25, 0.3) is 10.9 Å². The molecule has 2 amide bonds. The Balaban J connectivity index is 1.66. The van der Waals surface area contributed by atoms with Crippen LogP contribution in [-0.4, -0.2) is 58.0 Å². The van der Waals surface area contributed by atoms with E-state index in [1.807, 2.05) is 20.8 Å². The molecule has 0 radical (unpaired) electrons. The highest BCUT2D eigenvalue weighted by atomic mass is 16.5. The number of rotatable bonds is 5. The summed E-state index contributed by atoms with van der Waals surface area (Å²) in [6.45, 7) is 5.57. The van der Waals surface area contributed by atoms with Crippen molar-refractivity contribution in [3.63, 3.8) is 0 Å². The largest absolute Gasteiger partial charge is 0.452 e. The zero-order valence-electron chi connectivity index (χ0n) is 19.1. The molecule has 0 atom stereocenters. The zero-order chi connectivity index (χ0) is 23.5. The van der Waals surface area contributed by atoms with E-state index in [1.54, 1.807) is 10.6 Å². The second kappa shape index (κ2) is 9.50. The molecule has 32 heavy (non-hydrogen) atoms. The minimum atomic E-state index is -0.690. The van der Waals surface area contributed by atoms with Crippen molar-refractivity contribution in [3.8, 4) is 0 Å². The van der Waals surface area contributed by atoms with Gasteiger partial charge in [-0.25, -0.2) is 9.78 Å². The molecule has 0 spiro atoms. The summed E-state index contributed by atoms with van der Waals surface area (Å²) in [5.74, 6) is -0.754. The summed E-state index contributed by atoms with van der Waals surface area (Å²) in [5.41, 5.74) is 0.152. The van der Waals surface area contributed by atoms with Crippen molar-refractivity contribution in [1.29, 1.82) is 0 Å². The van der Waals surface area contributed by atoms with Crippen LogP contribution in [-0.2, 0) is 27.3 Å². The summed E-state index contributed by atoms with van der Waals surface area (Å²) in [4.78, 5) is 55.3. The first kappa shape index (κ1) is 23.4. The van der Waals surface area contributed by atoms with Gasteiger partial charge in [0, 0.05) is 25.6 Å². The van der Waals surface area contributed by atoms with Gasteiger partial charge in [0.15, 0.2) is 6.61 Å². The molecule has 0 saturated carbocycles. The number of fused-ring (bicyclic) bond motifs is 2. The Kier molecular flexibility index (Phi) is 6.96. The lowest BCUT2D eigenvalue weighted by Gasteiger charge is -2.23. The molecule has 172 valence electrons. The topological polar surface area (TPSA) is 111 Å². The van der Waals surface area contributed by atoms with Gasteiger partial charge in [-0.15, -0.1) is 0 Å². The maximum Gasteiger partial charge on any atom is 0.338 e. The second-order valence-electron chi connectivity index (χ2n) is 9.15. The van der Waals surface area contributed by atoms with E-state index in [2.05, 4.69) is 10.3 Å². The number of nitrogens with one attached hydrogen (secondary N) is 1. The first-order valence-electron chi connectivity index (χ1n) is 10.8. The van der Waals surface area contributed by atoms with Gasteiger partial charge in [-0.05, 0) is 51.8 Å². The normalized spacial score (nSPS) is 13.8. The maximum absolute atomic E-state index is 12.8. The van der Waals surface area contributed by atoms with E-state index >= 15 is 0 Å². The number of carbonyl (C=O) groups is 3. The fourth-order valence-corrected chi connectivity index (χ4v) is 3.63. The molecule has 1 aromatic heterocycles. The van der Waals surface area contributed by atoms with Crippen molar-refractivity contribution in [1.82, 2.24) is 19.8 Å². The van der Waals surface area contributed by atoms with E-state index < -0.39 is 24.0 Å². The Bertz CT molecular complexity index is 1100. The molecule has 2 heterocycles. The molecule has 3 rings (SSSR count). The number of ether oxygens (including phenoxy) is 1. The first-order chi connectivity index (χ1) is 15.0. The van der Waals surface area contributed by atoms with Gasteiger partial charge in [-0.3, -0.25) is 19.0 Å². The van der Waals surface area contributed by atoms with Gasteiger partial charge in [0.05, 0.1) is 23.0 Å². The van der Waals surface area contributed by atoms with Crippen LogP contribution in [0.5, 0.6) is 0 Å². The van der Waals surface area contributed by atoms with Crippen molar-refractivity contribution >= 4 is 28.7 Å². The third-order valence-corrected chi connectivity index (χ3v) is 5.20. The van der Waals surface area contributed by atoms with Crippen molar-refractivity contribution in [3.05, 3.63) is 39.9 Å². The highest BCUT2D eigenvalue weighted by molar-refractivity contribution is 5.95. The number of likely N-dealkylation sites (N-methyl/N-ethyl adjacent to an activating group) is 1. The number of aromatic nitrogens is 2. The monoisotopic (exact) mass is 442 g/mol. The molecule has 0 fully saturated rings. The van der Waals surface area contributed by atoms with Crippen molar-refractivity contribution in [2.45, 2.75) is 58.5 Å². The average Bonchev–Trinajstić information content (AvgIpc) is 2.95. The molecule has 2 aromatic rings. The lowest BCUT2D eigenvalue weighted by atomic mass is 10.1. The first-order valence-corrected chi connectivity index (χ1v) is 10.8. The van der Waals surface area contributed by atoms with Crippen LogP contribution in [0.1, 0.15) is 56.2 Å². The number of nitrogens with zero attached hydrogens (tertiary/aromatic N) is 3. The summed E-state index contributed by atoms with van der Waals surface area (Å²) in [7, 11) is 1.47. The third kappa shape index (κ3) is 5.72. The number of hydrogen-bond donors (Lipinski definition) is 1. The van der Waals surface area contributed by atoms with Crippen LogP contribution in [0, 0.1) is 0 Å². The highest BCUT2D eigenvalue weighted by Crippen LogP contribution is 2.17. The highest BCUT2D eigenvalue weighted by Gasteiger charge is 2.20. The van der Waals surface area contributed by atoms with Crippen LogP contribution in [0.3, 0.4) is 0 Å².